The van der Waals surface area contributed by atoms with Crippen molar-refractivity contribution in [3.8, 4) is 22.1 Å². The number of H-pyrrole nitrogens is 1. The second-order valence-corrected chi connectivity index (χ2v) is 7.47. The first kappa shape index (κ1) is 20.4. The summed E-state index contributed by atoms with van der Waals surface area (Å²) in [4.78, 5) is 13.4. The Morgan fingerprint density at radius 2 is 2.03 bits per heavy atom. The van der Waals surface area contributed by atoms with E-state index in [1.807, 2.05) is 60.0 Å². The van der Waals surface area contributed by atoms with Gasteiger partial charge in [0, 0.05) is 0 Å². The van der Waals surface area contributed by atoms with Crippen LogP contribution >= 0.6 is 11.3 Å². The molecule has 0 saturated carbocycles. The number of aromatic amines is 1. The normalized spacial score (nSPS) is 10.9. The van der Waals surface area contributed by atoms with Crippen LogP contribution in [0.15, 0.2) is 77.3 Å². The number of nitrogens with zero attached hydrogens (tertiary/aromatic N) is 2. The van der Waals surface area contributed by atoms with Crippen molar-refractivity contribution in [2.45, 2.75) is 6.61 Å². The Balaban J connectivity index is 1.43. The third-order valence-electron chi connectivity index (χ3n) is 4.46. The highest BCUT2D eigenvalue weighted by Crippen LogP contribution is 2.28. The molecule has 0 aliphatic rings. The lowest BCUT2D eigenvalue weighted by Crippen LogP contribution is -2.17. The van der Waals surface area contributed by atoms with E-state index >= 15 is 0 Å². The standard InChI is InChI=1S/C23H20N4O3S/c1-29-19-10-9-17(12-20(19)30-15-16-6-3-2-4-7-16)13-24-27-23(28)18-14-25-26-22(18)21-8-5-11-31-21/h2-14H,15H2,1H3,(H,25,26)(H,27,28)/b24-13+. The van der Waals surface area contributed by atoms with E-state index in [1.54, 1.807) is 19.4 Å². The van der Waals surface area contributed by atoms with Gasteiger partial charge in [0.05, 0.1) is 35.7 Å². The molecule has 156 valence electrons. The van der Waals surface area contributed by atoms with Crippen LogP contribution in [0.4, 0.5) is 0 Å². The van der Waals surface area contributed by atoms with E-state index in [1.165, 1.54) is 17.5 Å². The second kappa shape index (κ2) is 9.73. The van der Waals surface area contributed by atoms with Crippen LogP contribution in [-0.4, -0.2) is 29.4 Å². The van der Waals surface area contributed by atoms with Crippen molar-refractivity contribution in [2.24, 2.45) is 5.10 Å². The molecule has 2 N–H and O–H groups in total. The number of carbonyl (C=O) groups is 1. The van der Waals surface area contributed by atoms with Gasteiger partial charge in [0.15, 0.2) is 11.5 Å². The Bertz CT molecular complexity index is 1170. The van der Waals surface area contributed by atoms with Crippen molar-refractivity contribution in [3.63, 3.8) is 0 Å². The number of carbonyl (C=O) groups excluding carboxylic acids is 1. The van der Waals surface area contributed by atoms with Crippen LogP contribution in [0.5, 0.6) is 11.5 Å². The van der Waals surface area contributed by atoms with Gasteiger partial charge in [-0.2, -0.15) is 10.2 Å². The topological polar surface area (TPSA) is 88.6 Å². The lowest BCUT2D eigenvalue weighted by atomic mass is 10.2. The van der Waals surface area contributed by atoms with Crippen molar-refractivity contribution >= 4 is 23.5 Å². The lowest BCUT2D eigenvalue weighted by Gasteiger charge is -2.11. The van der Waals surface area contributed by atoms with Crippen molar-refractivity contribution in [2.75, 3.05) is 7.11 Å². The number of ether oxygens (including phenoxy) is 2. The number of hydrogen-bond donors (Lipinski definition) is 2. The molecule has 4 aromatic rings. The first-order chi connectivity index (χ1) is 15.2. The van der Waals surface area contributed by atoms with Crippen LogP contribution in [0.25, 0.3) is 10.6 Å². The van der Waals surface area contributed by atoms with Gasteiger partial charge in [-0.3, -0.25) is 9.89 Å². The molecule has 1 amide bonds. The summed E-state index contributed by atoms with van der Waals surface area (Å²) in [5.74, 6) is 0.870. The molecule has 4 rings (SSSR count). The summed E-state index contributed by atoms with van der Waals surface area (Å²) in [6.45, 7) is 0.417. The second-order valence-electron chi connectivity index (χ2n) is 6.52. The number of methoxy groups -OCH3 is 1. The lowest BCUT2D eigenvalue weighted by molar-refractivity contribution is 0.0956. The van der Waals surface area contributed by atoms with Crippen molar-refractivity contribution in [1.29, 1.82) is 0 Å². The van der Waals surface area contributed by atoms with E-state index in [0.717, 1.165) is 16.0 Å². The largest absolute Gasteiger partial charge is 0.493 e. The fourth-order valence-electron chi connectivity index (χ4n) is 2.91. The maximum atomic E-state index is 12.5. The van der Waals surface area contributed by atoms with Gasteiger partial charge >= 0.3 is 0 Å². The average molecular weight is 433 g/mol. The molecule has 0 fully saturated rings. The van der Waals surface area contributed by atoms with E-state index < -0.39 is 0 Å². The van der Waals surface area contributed by atoms with Gasteiger partial charge in [0.2, 0.25) is 0 Å². The summed E-state index contributed by atoms with van der Waals surface area (Å²) in [6.07, 6.45) is 3.04. The number of amides is 1. The maximum Gasteiger partial charge on any atom is 0.275 e. The number of hydrazone groups is 1. The highest BCUT2D eigenvalue weighted by Gasteiger charge is 2.15. The summed E-state index contributed by atoms with van der Waals surface area (Å²) in [7, 11) is 1.59. The molecule has 2 heterocycles. The van der Waals surface area contributed by atoms with Gasteiger partial charge in [-0.1, -0.05) is 36.4 Å². The molecule has 0 aliphatic carbocycles. The zero-order chi connectivity index (χ0) is 21.5. The van der Waals surface area contributed by atoms with Gasteiger partial charge in [-0.25, -0.2) is 5.43 Å². The molecule has 2 aromatic heterocycles. The highest BCUT2D eigenvalue weighted by atomic mass is 32.1. The quantitative estimate of drug-likeness (QED) is 0.317. The third-order valence-corrected chi connectivity index (χ3v) is 5.34. The molecule has 8 heteroatoms. The van der Waals surface area contributed by atoms with E-state index in [2.05, 4.69) is 20.7 Å². The maximum absolute atomic E-state index is 12.5. The Morgan fingerprint density at radius 1 is 1.16 bits per heavy atom. The van der Waals surface area contributed by atoms with Crippen molar-refractivity contribution in [3.05, 3.63) is 88.9 Å². The van der Waals surface area contributed by atoms with E-state index in [-0.39, 0.29) is 5.91 Å². The molecule has 7 nitrogen and oxygen atoms in total. The molecular weight excluding hydrogens is 412 g/mol. The molecule has 2 aromatic carbocycles. The molecular formula is C23H20N4O3S. The van der Waals surface area contributed by atoms with Crippen LogP contribution < -0.4 is 14.9 Å². The molecule has 0 bridgehead atoms. The molecule has 0 spiro atoms. The van der Waals surface area contributed by atoms with Gasteiger partial charge in [0.1, 0.15) is 6.61 Å². The minimum Gasteiger partial charge on any atom is -0.493 e. The minimum absolute atomic E-state index is 0.345. The van der Waals surface area contributed by atoms with Gasteiger partial charge in [-0.15, -0.1) is 11.3 Å². The van der Waals surface area contributed by atoms with E-state index in [9.17, 15) is 4.79 Å². The first-order valence-corrected chi connectivity index (χ1v) is 10.4. The van der Waals surface area contributed by atoms with E-state index in [4.69, 9.17) is 9.47 Å². The van der Waals surface area contributed by atoms with Gasteiger partial charge < -0.3 is 9.47 Å². The molecule has 31 heavy (non-hydrogen) atoms. The predicted molar refractivity (Wildman–Crippen MR) is 121 cm³/mol. The average Bonchev–Trinajstić information content (AvgIpc) is 3.50. The van der Waals surface area contributed by atoms with Crippen LogP contribution in [0.1, 0.15) is 21.5 Å². The smallest absolute Gasteiger partial charge is 0.275 e. The summed E-state index contributed by atoms with van der Waals surface area (Å²) in [6, 6.07) is 19.2. The molecule has 0 saturated heterocycles. The van der Waals surface area contributed by atoms with Crippen LogP contribution in [0.3, 0.4) is 0 Å². The molecule has 0 atom stereocenters. The number of rotatable bonds is 8. The SMILES string of the molecule is COc1ccc(/C=N/NC(=O)c2cn[nH]c2-c2cccs2)cc1OCc1ccccc1. The summed E-state index contributed by atoms with van der Waals surface area (Å²) in [5, 5.41) is 12.9. The predicted octanol–water partition coefficient (Wildman–Crippen LogP) is 4.49. The summed E-state index contributed by atoms with van der Waals surface area (Å²) in [5.41, 5.74) is 5.46. The van der Waals surface area contributed by atoms with Crippen molar-refractivity contribution < 1.29 is 14.3 Å². The Kier molecular flexibility index (Phi) is 6.39. The summed E-state index contributed by atoms with van der Waals surface area (Å²) >= 11 is 1.53. The number of nitrogens with one attached hydrogen (secondary N) is 2. The Hall–Kier alpha value is -3.91. The van der Waals surface area contributed by atoms with E-state index in [0.29, 0.717) is 29.4 Å². The number of hydrogen-bond acceptors (Lipinski definition) is 6. The first-order valence-electron chi connectivity index (χ1n) is 9.50. The van der Waals surface area contributed by atoms with Gasteiger partial charge in [0.25, 0.3) is 5.91 Å². The molecule has 0 unspecified atom stereocenters. The summed E-state index contributed by atoms with van der Waals surface area (Å²) < 4.78 is 11.3. The van der Waals surface area contributed by atoms with Crippen molar-refractivity contribution in [1.82, 2.24) is 15.6 Å². The number of benzene rings is 2. The minimum atomic E-state index is -0.345. The fraction of sp³-hybridized carbons (Fsp3) is 0.0870. The monoisotopic (exact) mass is 432 g/mol. The zero-order valence-electron chi connectivity index (χ0n) is 16.7. The number of aromatic nitrogens is 2. The Labute approximate surface area is 183 Å². The number of thiophene rings is 1. The Morgan fingerprint density at radius 3 is 2.81 bits per heavy atom. The zero-order valence-corrected chi connectivity index (χ0v) is 17.6. The van der Waals surface area contributed by atoms with Gasteiger partial charge in [-0.05, 0) is 40.8 Å². The molecule has 0 radical (unpaired) electrons. The third kappa shape index (κ3) is 4.99. The van der Waals surface area contributed by atoms with Crippen LogP contribution in [-0.2, 0) is 6.61 Å². The van der Waals surface area contributed by atoms with Crippen LogP contribution in [0, 0.1) is 0 Å². The fourth-order valence-corrected chi connectivity index (χ4v) is 3.65. The van der Waals surface area contributed by atoms with Crippen LogP contribution in [0.2, 0.25) is 0 Å². The highest BCUT2D eigenvalue weighted by molar-refractivity contribution is 7.13. The molecule has 0 aliphatic heterocycles.